The van der Waals surface area contributed by atoms with Crippen molar-refractivity contribution in [3.63, 3.8) is 0 Å². The second-order valence-electron chi connectivity index (χ2n) is 8.25. The number of benzene rings is 2. The molecule has 196 valence electrons. The summed E-state index contributed by atoms with van der Waals surface area (Å²) >= 11 is 0. The predicted octanol–water partition coefficient (Wildman–Crippen LogP) is 4.48. The van der Waals surface area contributed by atoms with Gasteiger partial charge in [0.05, 0.1) is 30.6 Å². The maximum atomic E-state index is 13.5. The van der Waals surface area contributed by atoms with E-state index in [1.165, 1.54) is 44.7 Å². The summed E-state index contributed by atoms with van der Waals surface area (Å²) in [5.41, 5.74) is 2.50. The summed E-state index contributed by atoms with van der Waals surface area (Å²) in [6.45, 7) is 0.328. The minimum absolute atomic E-state index is 0.0812. The highest BCUT2D eigenvalue weighted by atomic mass is 32.2. The van der Waals surface area contributed by atoms with E-state index in [0.29, 0.717) is 58.9 Å². The Morgan fingerprint density at radius 3 is 2.58 bits per heavy atom. The molecule has 0 unspecified atom stereocenters. The summed E-state index contributed by atoms with van der Waals surface area (Å²) in [5.74, 6) is 1.08. The number of ether oxygens (including phenoxy) is 2. The third kappa shape index (κ3) is 5.02. The largest absolute Gasteiger partial charge is 0.493 e. The molecule has 5 rings (SSSR count). The van der Waals surface area contributed by atoms with Crippen molar-refractivity contribution >= 4 is 21.6 Å². The molecule has 0 bridgehead atoms. The number of sulfone groups is 1. The molecule has 0 atom stereocenters. The van der Waals surface area contributed by atoms with Crippen LogP contribution in [0.1, 0.15) is 6.42 Å². The van der Waals surface area contributed by atoms with Gasteiger partial charge in [0.15, 0.2) is 21.3 Å². The van der Waals surface area contributed by atoms with Crippen molar-refractivity contribution in [2.24, 2.45) is 0 Å². The van der Waals surface area contributed by atoms with Gasteiger partial charge in [0.25, 0.3) is 0 Å². The second-order valence-corrected chi connectivity index (χ2v) is 10.4. The molecule has 0 aliphatic heterocycles. The lowest BCUT2D eigenvalue weighted by Crippen LogP contribution is -2.13. The highest BCUT2D eigenvalue weighted by molar-refractivity contribution is 7.91. The molecule has 3 heterocycles. The molecule has 0 aliphatic carbocycles. The lowest BCUT2D eigenvalue weighted by molar-refractivity contribution is 0.354. The number of hydrogen-bond donors (Lipinski definition) is 1. The van der Waals surface area contributed by atoms with Gasteiger partial charge in [-0.3, -0.25) is 4.40 Å². The number of fused-ring (bicyclic) bond motifs is 1. The van der Waals surface area contributed by atoms with E-state index in [4.69, 9.17) is 13.9 Å². The Kier molecular flexibility index (Phi) is 6.97. The van der Waals surface area contributed by atoms with E-state index in [1.807, 2.05) is 0 Å². The Morgan fingerprint density at radius 2 is 1.82 bits per heavy atom. The standard InChI is InChI=1S/C26H24FN5O5S/c1-35-21-9-8-19(16-22(21)36-2)38(33,34)15-3-11-28-25-29-12-10-20(30-25)24-23(17-4-6-18(27)7-5-17)31-26-32(24)13-14-37-26/h4-10,12-14,16H,3,11,15H2,1-2H3,(H,28,29,30). The number of hydrogen-bond acceptors (Lipinski definition) is 9. The molecule has 2 aromatic carbocycles. The van der Waals surface area contributed by atoms with Crippen molar-refractivity contribution in [3.8, 4) is 34.1 Å². The molecule has 0 saturated carbocycles. The van der Waals surface area contributed by atoms with Crippen LogP contribution in [0, 0.1) is 5.82 Å². The van der Waals surface area contributed by atoms with Gasteiger partial charge in [-0.1, -0.05) is 0 Å². The monoisotopic (exact) mass is 537 g/mol. The normalized spacial score (nSPS) is 11.6. The minimum Gasteiger partial charge on any atom is -0.493 e. The van der Waals surface area contributed by atoms with Gasteiger partial charge in [-0.15, -0.1) is 0 Å². The molecule has 12 heteroatoms. The number of methoxy groups -OCH3 is 2. The molecule has 0 saturated heterocycles. The number of anilines is 1. The first-order valence-electron chi connectivity index (χ1n) is 11.6. The number of nitrogens with zero attached hydrogens (tertiary/aromatic N) is 4. The van der Waals surface area contributed by atoms with Gasteiger partial charge in [-0.05, 0) is 48.9 Å². The van der Waals surface area contributed by atoms with Gasteiger partial charge < -0.3 is 19.2 Å². The molecular weight excluding hydrogens is 513 g/mol. The van der Waals surface area contributed by atoms with E-state index in [2.05, 4.69) is 20.3 Å². The fourth-order valence-corrected chi connectivity index (χ4v) is 5.33. The van der Waals surface area contributed by atoms with Crippen LogP contribution in [0.3, 0.4) is 0 Å². The topological polar surface area (TPSA) is 121 Å². The molecule has 3 aromatic heterocycles. The number of aromatic nitrogens is 4. The number of halogens is 1. The van der Waals surface area contributed by atoms with Crippen LogP contribution in [0.25, 0.3) is 28.5 Å². The molecule has 5 aromatic rings. The quantitative estimate of drug-likeness (QED) is 0.257. The Bertz CT molecular complexity index is 1680. The van der Waals surface area contributed by atoms with Crippen LogP contribution < -0.4 is 14.8 Å². The molecule has 1 N–H and O–H groups in total. The summed E-state index contributed by atoms with van der Waals surface area (Å²) in [7, 11) is -0.594. The van der Waals surface area contributed by atoms with E-state index in [1.54, 1.807) is 41.1 Å². The van der Waals surface area contributed by atoms with Crippen molar-refractivity contribution in [3.05, 3.63) is 73.0 Å². The van der Waals surface area contributed by atoms with E-state index in [9.17, 15) is 12.8 Å². The average Bonchev–Trinajstić information content (AvgIpc) is 3.53. The summed E-state index contributed by atoms with van der Waals surface area (Å²) in [6.07, 6.45) is 5.15. The summed E-state index contributed by atoms with van der Waals surface area (Å²) in [6, 6.07) is 12.3. The van der Waals surface area contributed by atoms with E-state index in [0.717, 1.165) is 0 Å². The maximum absolute atomic E-state index is 13.5. The molecule has 0 fully saturated rings. The third-order valence-electron chi connectivity index (χ3n) is 5.87. The van der Waals surface area contributed by atoms with Crippen LogP contribution in [-0.4, -0.2) is 54.3 Å². The van der Waals surface area contributed by atoms with Crippen molar-refractivity contribution in [1.82, 2.24) is 19.4 Å². The SMILES string of the molecule is COc1ccc(S(=O)(=O)CCCNc2nccc(-c3c(-c4ccc(F)cc4)nc4occn34)n2)cc1OC. The smallest absolute Gasteiger partial charge is 0.306 e. The minimum atomic E-state index is -3.54. The van der Waals surface area contributed by atoms with Gasteiger partial charge in [0.1, 0.15) is 23.5 Å². The third-order valence-corrected chi connectivity index (χ3v) is 7.66. The fourth-order valence-electron chi connectivity index (χ4n) is 4.01. The van der Waals surface area contributed by atoms with Crippen LogP contribution in [-0.2, 0) is 9.84 Å². The first kappa shape index (κ1) is 25.2. The summed E-state index contributed by atoms with van der Waals surface area (Å²) < 4.78 is 56.7. The van der Waals surface area contributed by atoms with Crippen LogP contribution in [0.4, 0.5) is 10.3 Å². The van der Waals surface area contributed by atoms with Gasteiger partial charge in [-0.2, -0.15) is 4.98 Å². The fraction of sp³-hybridized carbons (Fsp3) is 0.192. The van der Waals surface area contributed by atoms with Gasteiger partial charge >= 0.3 is 5.84 Å². The number of rotatable bonds is 10. The van der Waals surface area contributed by atoms with Crippen LogP contribution in [0.15, 0.2) is 76.5 Å². The zero-order chi connectivity index (χ0) is 26.7. The Balaban J connectivity index is 1.31. The van der Waals surface area contributed by atoms with Crippen LogP contribution in [0.2, 0.25) is 0 Å². The molecule has 0 spiro atoms. The average molecular weight is 538 g/mol. The summed E-state index contributed by atoms with van der Waals surface area (Å²) in [4.78, 5) is 13.6. The maximum Gasteiger partial charge on any atom is 0.306 e. The lowest BCUT2D eigenvalue weighted by atomic mass is 10.1. The first-order chi connectivity index (χ1) is 18.4. The van der Waals surface area contributed by atoms with Gasteiger partial charge in [0, 0.05) is 30.6 Å². The molecule has 0 radical (unpaired) electrons. The second kappa shape index (κ2) is 10.5. The van der Waals surface area contributed by atoms with Crippen molar-refractivity contribution in [2.45, 2.75) is 11.3 Å². The highest BCUT2D eigenvalue weighted by Crippen LogP contribution is 2.33. The highest BCUT2D eigenvalue weighted by Gasteiger charge is 2.20. The Morgan fingerprint density at radius 1 is 1.03 bits per heavy atom. The number of imidazole rings is 1. The molecular formula is C26H24FN5O5S. The van der Waals surface area contributed by atoms with Crippen molar-refractivity contribution in [2.75, 3.05) is 31.8 Å². The Labute approximate surface area is 218 Å². The molecule has 0 amide bonds. The zero-order valence-corrected chi connectivity index (χ0v) is 21.4. The molecule has 10 nitrogen and oxygen atoms in total. The number of oxazole rings is 1. The first-order valence-corrected chi connectivity index (χ1v) is 13.3. The van der Waals surface area contributed by atoms with Gasteiger partial charge in [0.2, 0.25) is 5.95 Å². The van der Waals surface area contributed by atoms with Crippen molar-refractivity contribution < 1.29 is 26.7 Å². The van der Waals surface area contributed by atoms with Crippen molar-refractivity contribution in [1.29, 1.82) is 0 Å². The van der Waals surface area contributed by atoms with E-state index < -0.39 is 9.84 Å². The molecule has 38 heavy (non-hydrogen) atoms. The van der Waals surface area contributed by atoms with E-state index >= 15 is 0 Å². The Hall–Kier alpha value is -4.45. The van der Waals surface area contributed by atoms with Crippen LogP contribution in [0.5, 0.6) is 11.5 Å². The zero-order valence-electron chi connectivity index (χ0n) is 20.6. The van der Waals surface area contributed by atoms with Gasteiger partial charge in [-0.25, -0.2) is 22.8 Å². The number of nitrogens with one attached hydrogen (secondary N) is 1. The van der Waals surface area contributed by atoms with Crippen LogP contribution >= 0.6 is 0 Å². The molecule has 0 aliphatic rings. The summed E-state index contributed by atoms with van der Waals surface area (Å²) in [5, 5.41) is 3.09. The van der Waals surface area contributed by atoms with E-state index in [-0.39, 0.29) is 16.5 Å². The lowest BCUT2D eigenvalue weighted by Gasteiger charge is -2.11. The predicted molar refractivity (Wildman–Crippen MR) is 139 cm³/mol.